The minimum atomic E-state index is -0.895. The van der Waals surface area contributed by atoms with E-state index in [1.807, 2.05) is 38.1 Å². The number of ether oxygens (including phenoxy) is 1. The number of hydrogen-bond acceptors (Lipinski definition) is 5. The van der Waals surface area contributed by atoms with E-state index >= 15 is 0 Å². The second-order valence-electron chi connectivity index (χ2n) is 7.78. The lowest BCUT2D eigenvalue weighted by molar-refractivity contribution is 0.0812. The van der Waals surface area contributed by atoms with Crippen molar-refractivity contribution in [1.82, 2.24) is 4.57 Å². The number of benzene rings is 1. The molecule has 2 rings (SSSR count). The number of aryl methyl sites for hydroxylation is 2. The van der Waals surface area contributed by atoms with Gasteiger partial charge in [0.15, 0.2) is 6.10 Å². The summed E-state index contributed by atoms with van der Waals surface area (Å²) in [7, 11) is 0. The third-order valence-corrected chi connectivity index (χ3v) is 5.16. The van der Waals surface area contributed by atoms with Crippen LogP contribution in [0, 0.1) is 32.1 Å². The van der Waals surface area contributed by atoms with E-state index in [4.69, 9.17) is 4.74 Å². The Hall–Kier alpha value is -3.07. The number of nitriles is 1. The summed E-state index contributed by atoms with van der Waals surface area (Å²) in [5.74, 6) is -0.310. The zero-order chi connectivity index (χ0) is 22.4. The standard InChI is InChI=1S/C24H30N2O4/c1-6-7-8-9-10-26-23(28)20(14-25)17(4)21(24(26)29)22(27)18(5)30-19-12-15(2)11-16(3)13-19/h11-13,18,29H,6-10H2,1-5H3. The number of aromatic hydroxyl groups is 1. The number of nitrogens with zero attached hydrogens (tertiary/aromatic N) is 2. The molecular formula is C24H30N2O4. The summed E-state index contributed by atoms with van der Waals surface area (Å²) in [5, 5.41) is 20.3. The predicted octanol–water partition coefficient (Wildman–Crippen LogP) is 4.58. The predicted molar refractivity (Wildman–Crippen MR) is 116 cm³/mol. The highest BCUT2D eigenvalue weighted by atomic mass is 16.5. The number of carbonyl (C=O) groups is 1. The second-order valence-corrected chi connectivity index (χ2v) is 7.78. The fourth-order valence-corrected chi connectivity index (χ4v) is 3.61. The fourth-order valence-electron chi connectivity index (χ4n) is 3.61. The molecule has 1 aromatic heterocycles. The lowest BCUT2D eigenvalue weighted by atomic mass is 9.99. The topological polar surface area (TPSA) is 92.3 Å². The van der Waals surface area contributed by atoms with Crippen LogP contribution < -0.4 is 10.3 Å². The molecule has 1 N–H and O–H groups in total. The summed E-state index contributed by atoms with van der Waals surface area (Å²) < 4.78 is 6.96. The number of hydrogen-bond donors (Lipinski definition) is 1. The number of carbonyl (C=O) groups excluding carboxylic acids is 1. The van der Waals surface area contributed by atoms with Crippen molar-refractivity contribution in [2.45, 2.75) is 73.0 Å². The Bertz CT molecular complexity index is 1010. The van der Waals surface area contributed by atoms with E-state index in [0.29, 0.717) is 12.2 Å². The molecule has 6 heteroatoms. The number of rotatable bonds is 9. The van der Waals surface area contributed by atoms with Crippen molar-refractivity contribution in [3.05, 3.63) is 56.4 Å². The lowest BCUT2D eigenvalue weighted by Crippen LogP contribution is -2.31. The van der Waals surface area contributed by atoms with Crippen LogP contribution in [0.1, 0.15) is 72.1 Å². The molecule has 0 amide bonds. The Balaban J connectivity index is 2.42. The smallest absolute Gasteiger partial charge is 0.271 e. The van der Waals surface area contributed by atoms with Crippen molar-refractivity contribution in [1.29, 1.82) is 5.26 Å². The van der Waals surface area contributed by atoms with Gasteiger partial charge in [-0.25, -0.2) is 0 Å². The van der Waals surface area contributed by atoms with Crippen LogP contribution in [0.15, 0.2) is 23.0 Å². The number of ketones is 1. The first kappa shape index (κ1) is 23.2. The number of unbranched alkanes of at least 4 members (excludes halogenated alkanes) is 3. The molecule has 2 aromatic rings. The highest BCUT2D eigenvalue weighted by Crippen LogP contribution is 2.26. The molecule has 160 valence electrons. The zero-order valence-electron chi connectivity index (χ0n) is 18.4. The van der Waals surface area contributed by atoms with Gasteiger partial charge in [-0.3, -0.25) is 14.2 Å². The maximum absolute atomic E-state index is 13.2. The van der Waals surface area contributed by atoms with E-state index in [9.17, 15) is 20.0 Å². The van der Waals surface area contributed by atoms with E-state index in [1.54, 1.807) is 6.92 Å². The molecule has 0 fully saturated rings. The molecule has 1 aromatic carbocycles. The summed E-state index contributed by atoms with van der Waals surface area (Å²) in [5.41, 5.74) is 1.49. The Morgan fingerprint density at radius 2 is 1.80 bits per heavy atom. The van der Waals surface area contributed by atoms with Gasteiger partial charge in [0.1, 0.15) is 17.4 Å². The van der Waals surface area contributed by atoms with Gasteiger partial charge in [0.2, 0.25) is 11.7 Å². The molecular weight excluding hydrogens is 380 g/mol. The molecule has 6 nitrogen and oxygen atoms in total. The van der Waals surface area contributed by atoms with Gasteiger partial charge in [-0.1, -0.05) is 32.3 Å². The van der Waals surface area contributed by atoms with Gasteiger partial charge in [0.25, 0.3) is 5.56 Å². The molecule has 1 unspecified atom stereocenters. The van der Waals surface area contributed by atoms with Gasteiger partial charge in [-0.2, -0.15) is 5.26 Å². The molecule has 30 heavy (non-hydrogen) atoms. The quantitative estimate of drug-likeness (QED) is 0.482. The Labute approximate surface area is 177 Å². The van der Waals surface area contributed by atoms with Gasteiger partial charge >= 0.3 is 0 Å². The third kappa shape index (κ3) is 5.10. The Morgan fingerprint density at radius 3 is 2.37 bits per heavy atom. The fraction of sp³-hybridized carbons (Fsp3) is 0.458. The average Bonchev–Trinajstić information content (AvgIpc) is 2.66. The van der Waals surface area contributed by atoms with Crippen molar-refractivity contribution in [2.75, 3.05) is 0 Å². The van der Waals surface area contributed by atoms with E-state index in [2.05, 4.69) is 6.92 Å². The minimum absolute atomic E-state index is 0.0292. The molecule has 1 heterocycles. The van der Waals surface area contributed by atoms with Gasteiger partial charge in [0, 0.05) is 6.54 Å². The van der Waals surface area contributed by atoms with Crippen LogP contribution in [0.2, 0.25) is 0 Å². The number of Topliss-reactive ketones (excluding diaryl/α,β-unsaturated/α-hetero) is 1. The molecule has 0 radical (unpaired) electrons. The summed E-state index contributed by atoms with van der Waals surface area (Å²) in [6.45, 7) is 9.33. The van der Waals surface area contributed by atoms with E-state index in [1.165, 1.54) is 6.92 Å². The van der Waals surface area contributed by atoms with Crippen LogP contribution in [-0.4, -0.2) is 21.6 Å². The maximum atomic E-state index is 13.2. The monoisotopic (exact) mass is 410 g/mol. The van der Waals surface area contributed by atoms with Crippen molar-refractivity contribution in [3.63, 3.8) is 0 Å². The highest BCUT2D eigenvalue weighted by molar-refractivity contribution is 6.03. The molecule has 0 bridgehead atoms. The molecule has 0 aliphatic carbocycles. The molecule has 0 saturated carbocycles. The number of pyridine rings is 1. The van der Waals surface area contributed by atoms with Gasteiger partial charge in [-0.15, -0.1) is 0 Å². The first-order valence-electron chi connectivity index (χ1n) is 10.4. The normalized spacial score (nSPS) is 11.7. The van der Waals surface area contributed by atoms with Gasteiger partial charge < -0.3 is 9.84 Å². The molecule has 1 atom stereocenters. The van der Waals surface area contributed by atoms with Crippen LogP contribution >= 0.6 is 0 Å². The summed E-state index contributed by atoms with van der Waals surface area (Å²) in [4.78, 5) is 25.8. The summed E-state index contributed by atoms with van der Waals surface area (Å²) in [6, 6.07) is 7.56. The maximum Gasteiger partial charge on any atom is 0.271 e. The summed E-state index contributed by atoms with van der Waals surface area (Å²) >= 11 is 0. The summed E-state index contributed by atoms with van der Waals surface area (Å²) in [6.07, 6.45) is 2.73. The largest absolute Gasteiger partial charge is 0.494 e. The SMILES string of the molecule is CCCCCCn1c(O)c(C(=O)C(C)Oc2cc(C)cc(C)c2)c(C)c(C#N)c1=O. The van der Waals surface area contributed by atoms with E-state index < -0.39 is 23.3 Å². The molecule has 0 aliphatic rings. The van der Waals surface area contributed by atoms with Crippen LogP contribution in [0.4, 0.5) is 0 Å². The van der Waals surface area contributed by atoms with Crippen LogP contribution in [-0.2, 0) is 6.54 Å². The second kappa shape index (κ2) is 10.1. The third-order valence-electron chi connectivity index (χ3n) is 5.16. The van der Waals surface area contributed by atoms with E-state index in [-0.39, 0.29) is 23.2 Å². The lowest BCUT2D eigenvalue weighted by Gasteiger charge is -2.19. The van der Waals surface area contributed by atoms with Crippen molar-refractivity contribution >= 4 is 5.78 Å². The molecule has 0 aliphatic heterocycles. The van der Waals surface area contributed by atoms with Crippen LogP contribution in [0.3, 0.4) is 0 Å². The Kier molecular flexibility index (Phi) is 7.82. The highest BCUT2D eigenvalue weighted by Gasteiger charge is 2.28. The average molecular weight is 411 g/mol. The van der Waals surface area contributed by atoms with Crippen LogP contribution in [0.25, 0.3) is 0 Å². The zero-order valence-corrected chi connectivity index (χ0v) is 18.4. The van der Waals surface area contributed by atoms with Gasteiger partial charge in [-0.05, 0) is 62.9 Å². The molecule has 0 spiro atoms. The van der Waals surface area contributed by atoms with Crippen molar-refractivity contribution in [2.24, 2.45) is 0 Å². The van der Waals surface area contributed by atoms with Crippen molar-refractivity contribution < 1.29 is 14.6 Å². The van der Waals surface area contributed by atoms with E-state index in [0.717, 1.165) is 35.0 Å². The first-order valence-corrected chi connectivity index (χ1v) is 10.4. The van der Waals surface area contributed by atoms with Crippen molar-refractivity contribution in [3.8, 4) is 17.7 Å². The van der Waals surface area contributed by atoms with Crippen LogP contribution in [0.5, 0.6) is 11.6 Å². The minimum Gasteiger partial charge on any atom is -0.494 e. The number of aromatic nitrogens is 1. The molecule has 0 saturated heterocycles. The van der Waals surface area contributed by atoms with Gasteiger partial charge in [0.05, 0.1) is 5.56 Å². The Morgan fingerprint density at radius 1 is 1.17 bits per heavy atom. The first-order chi connectivity index (χ1) is 14.2.